The molecule has 1 rings (SSSR count). The zero-order chi connectivity index (χ0) is 14.4. The largest absolute Gasteiger partial charge is 0.422 e. The summed E-state index contributed by atoms with van der Waals surface area (Å²) in [5, 5.41) is 13.1. The summed E-state index contributed by atoms with van der Waals surface area (Å²) >= 11 is 0. The third kappa shape index (κ3) is 2.87. The molecule has 0 aromatic heterocycles. The highest BCUT2D eigenvalue weighted by atomic mass is 19.4. The lowest BCUT2D eigenvalue weighted by molar-refractivity contribution is -0.241. The van der Waals surface area contributed by atoms with E-state index in [9.17, 15) is 18.3 Å². The highest BCUT2D eigenvalue weighted by Gasteiger charge is 2.57. The van der Waals surface area contributed by atoms with Crippen molar-refractivity contribution in [2.45, 2.75) is 57.0 Å². The van der Waals surface area contributed by atoms with E-state index in [1.54, 1.807) is 27.7 Å². The highest BCUT2D eigenvalue weighted by Crippen LogP contribution is 2.41. The van der Waals surface area contributed by atoms with E-state index in [2.05, 4.69) is 5.32 Å². The average molecular weight is 266 g/mol. The third-order valence-corrected chi connectivity index (χ3v) is 3.12. The van der Waals surface area contributed by atoms with E-state index in [-0.39, 0.29) is 12.0 Å². The van der Waals surface area contributed by atoms with Crippen LogP contribution in [0.15, 0.2) is 11.6 Å². The second-order valence-electron chi connectivity index (χ2n) is 6.14. The van der Waals surface area contributed by atoms with Crippen molar-refractivity contribution in [1.29, 1.82) is 0 Å². The summed E-state index contributed by atoms with van der Waals surface area (Å²) in [6.07, 6.45) is -3.24. The van der Waals surface area contributed by atoms with E-state index < -0.39 is 29.4 Å². The second-order valence-corrected chi connectivity index (χ2v) is 6.14. The van der Waals surface area contributed by atoms with E-state index >= 15 is 0 Å². The molecule has 4 N–H and O–H groups in total. The molecule has 1 atom stereocenters. The monoisotopic (exact) mass is 266 g/mol. The zero-order valence-electron chi connectivity index (χ0n) is 11.2. The van der Waals surface area contributed by atoms with Crippen LogP contribution in [0.4, 0.5) is 13.2 Å². The summed E-state index contributed by atoms with van der Waals surface area (Å²) in [5.74, 6) is 0. The molecule has 0 spiro atoms. The van der Waals surface area contributed by atoms with Crippen molar-refractivity contribution < 1.29 is 18.3 Å². The number of hydrogen-bond donors (Lipinski definition) is 3. The molecule has 0 aliphatic carbocycles. The van der Waals surface area contributed by atoms with Crippen LogP contribution in [0.3, 0.4) is 0 Å². The minimum atomic E-state index is -4.77. The predicted octanol–water partition coefficient (Wildman–Crippen LogP) is 1.72. The molecule has 18 heavy (non-hydrogen) atoms. The molecule has 1 heterocycles. The molecule has 0 saturated heterocycles. The van der Waals surface area contributed by atoms with Gasteiger partial charge in [0.2, 0.25) is 0 Å². The molecule has 0 aromatic carbocycles. The van der Waals surface area contributed by atoms with Crippen LogP contribution in [-0.2, 0) is 0 Å². The number of aliphatic hydroxyl groups is 1. The van der Waals surface area contributed by atoms with Gasteiger partial charge in [0.1, 0.15) is 0 Å². The summed E-state index contributed by atoms with van der Waals surface area (Å²) in [5.41, 5.74) is 1.02. The van der Waals surface area contributed by atoms with Gasteiger partial charge in [0.05, 0.1) is 0 Å². The molecule has 0 bridgehead atoms. The molecule has 1 unspecified atom stereocenters. The van der Waals surface area contributed by atoms with Gasteiger partial charge in [-0.15, -0.1) is 0 Å². The Morgan fingerprint density at radius 2 is 1.83 bits per heavy atom. The first-order chi connectivity index (χ1) is 7.83. The Labute approximate surface area is 105 Å². The Bertz CT molecular complexity index is 361. The Hall–Kier alpha value is -0.590. The van der Waals surface area contributed by atoms with Gasteiger partial charge >= 0.3 is 6.18 Å². The third-order valence-electron chi connectivity index (χ3n) is 3.12. The molecule has 0 amide bonds. The van der Waals surface area contributed by atoms with Crippen LogP contribution in [-0.4, -0.2) is 34.5 Å². The van der Waals surface area contributed by atoms with E-state index in [0.717, 1.165) is 0 Å². The molecule has 1 aliphatic rings. The number of hydrogen-bond acceptors (Lipinski definition) is 3. The zero-order valence-corrected chi connectivity index (χ0v) is 11.2. The first kappa shape index (κ1) is 15.5. The van der Waals surface area contributed by atoms with Crippen LogP contribution >= 0.6 is 0 Å². The van der Waals surface area contributed by atoms with E-state index in [1.807, 2.05) is 0 Å². The van der Waals surface area contributed by atoms with Crippen molar-refractivity contribution in [3.63, 3.8) is 0 Å². The average Bonchev–Trinajstić information content (AvgIpc) is 2.09. The first-order valence-electron chi connectivity index (χ1n) is 5.84. The van der Waals surface area contributed by atoms with E-state index in [0.29, 0.717) is 0 Å². The molecule has 0 aromatic rings. The Morgan fingerprint density at radius 1 is 1.33 bits per heavy atom. The summed E-state index contributed by atoms with van der Waals surface area (Å²) in [6, 6.07) is 0. The normalized spacial score (nSPS) is 26.4. The fraction of sp³-hybridized carbons (Fsp3) is 0.833. The summed E-state index contributed by atoms with van der Waals surface area (Å²) in [4.78, 5) is 0. The van der Waals surface area contributed by atoms with Crippen molar-refractivity contribution in [3.05, 3.63) is 11.6 Å². The lowest BCUT2D eigenvalue weighted by Crippen LogP contribution is -2.60. The Balaban J connectivity index is 3.26. The number of halogens is 3. The minimum absolute atomic E-state index is 0.0637. The lowest BCUT2D eigenvalue weighted by atomic mass is 9.76. The molecular formula is C12H21F3N2O. The van der Waals surface area contributed by atoms with Crippen molar-refractivity contribution in [2.75, 3.05) is 6.54 Å². The smallest absolute Gasteiger partial charge is 0.376 e. The quantitative estimate of drug-likeness (QED) is 0.667. The molecule has 106 valence electrons. The predicted molar refractivity (Wildman–Crippen MR) is 64.1 cm³/mol. The fourth-order valence-corrected chi connectivity index (χ4v) is 2.61. The van der Waals surface area contributed by atoms with Crippen molar-refractivity contribution in [2.24, 2.45) is 5.73 Å². The van der Waals surface area contributed by atoms with Gasteiger partial charge in [-0.1, -0.05) is 6.08 Å². The summed E-state index contributed by atoms with van der Waals surface area (Å²) < 4.78 is 39.0. The molecule has 0 radical (unpaired) electrons. The van der Waals surface area contributed by atoms with Gasteiger partial charge in [-0.25, -0.2) is 0 Å². The number of nitrogens with two attached hydrogens (primary N) is 1. The van der Waals surface area contributed by atoms with Crippen LogP contribution in [0.25, 0.3) is 0 Å². The van der Waals surface area contributed by atoms with Crippen LogP contribution in [0.2, 0.25) is 0 Å². The highest BCUT2D eigenvalue weighted by molar-refractivity contribution is 5.30. The van der Waals surface area contributed by atoms with Crippen molar-refractivity contribution >= 4 is 0 Å². The SMILES string of the molecule is CC1(C)C=C(C(O)(CN)C(F)(F)F)CC(C)(C)N1. The van der Waals surface area contributed by atoms with E-state index in [1.165, 1.54) is 6.08 Å². The Kier molecular flexibility index (Phi) is 3.62. The van der Waals surface area contributed by atoms with Gasteiger partial charge in [0.15, 0.2) is 5.60 Å². The number of rotatable bonds is 2. The van der Waals surface area contributed by atoms with Crippen LogP contribution in [0.1, 0.15) is 34.1 Å². The van der Waals surface area contributed by atoms with Gasteiger partial charge in [0, 0.05) is 17.6 Å². The lowest BCUT2D eigenvalue weighted by Gasteiger charge is -2.45. The molecule has 6 heteroatoms. The maximum atomic E-state index is 13.0. The van der Waals surface area contributed by atoms with Gasteiger partial charge in [-0.2, -0.15) is 13.2 Å². The van der Waals surface area contributed by atoms with E-state index in [4.69, 9.17) is 5.73 Å². The standard InChI is InChI=1S/C12H21F3N2O/c1-9(2)5-8(6-10(3,4)17-9)11(18,7-16)12(13,14)15/h5,17-18H,6-7,16H2,1-4H3. The number of nitrogens with one attached hydrogen (secondary N) is 1. The maximum absolute atomic E-state index is 13.0. The molecular weight excluding hydrogens is 245 g/mol. The Morgan fingerprint density at radius 3 is 2.17 bits per heavy atom. The van der Waals surface area contributed by atoms with Gasteiger partial charge < -0.3 is 16.2 Å². The van der Waals surface area contributed by atoms with Crippen molar-refractivity contribution in [3.8, 4) is 0 Å². The molecule has 3 nitrogen and oxygen atoms in total. The van der Waals surface area contributed by atoms with Crippen LogP contribution in [0.5, 0.6) is 0 Å². The van der Waals surface area contributed by atoms with Crippen molar-refractivity contribution in [1.82, 2.24) is 5.32 Å². The number of alkyl halides is 3. The molecule has 1 aliphatic heterocycles. The van der Waals surface area contributed by atoms with Crippen LogP contribution < -0.4 is 11.1 Å². The molecule has 0 fully saturated rings. The van der Waals surface area contributed by atoms with Gasteiger partial charge in [0.25, 0.3) is 0 Å². The fourth-order valence-electron chi connectivity index (χ4n) is 2.61. The maximum Gasteiger partial charge on any atom is 0.422 e. The topological polar surface area (TPSA) is 58.3 Å². The summed E-state index contributed by atoms with van der Waals surface area (Å²) in [7, 11) is 0. The molecule has 0 saturated carbocycles. The first-order valence-corrected chi connectivity index (χ1v) is 5.84. The summed E-state index contributed by atoms with van der Waals surface area (Å²) in [6.45, 7) is 6.26. The van der Waals surface area contributed by atoms with Crippen LogP contribution in [0, 0.1) is 0 Å². The van der Waals surface area contributed by atoms with Gasteiger partial charge in [-0.3, -0.25) is 0 Å². The van der Waals surface area contributed by atoms with Gasteiger partial charge in [-0.05, 0) is 39.7 Å². The second kappa shape index (κ2) is 4.21. The minimum Gasteiger partial charge on any atom is -0.376 e.